The minimum absolute atomic E-state index is 0. The summed E-state index contributed by atoms with van der Waals surface area (Å²) in [4.78, 5) is 0. The zero-order valence-electron chi connectivity index (χ0n) is 60.5. The van der Waals surface area contributed by atoms with Gasteiger partial charge in [0.15, 0.2) is 0 Å². The van der Waals surface area contributed by atoms with E-state index in [0.29, 0.717) is 0 Å². The Hall–Kier alpha value is 0. The largest absolute Gasteiger partial charge is 0.0776 e. The summed E-state index contributed by atoms with van der Waals surface area (Å²) in [5, 5.41) is 0. The summed E-state index contributed by atoms with van der Waals surface area (Å²) in [5.41, 5.74) is 1.86. The third kappa shape index (κ3) is 70.6. The Bertz CT molecular complexity index is 244. The van der Waals surface area contributed by atoms with Gasteiger partial charge in [-0.1, -0.05) is 403 Å². The van der Waals surface area contributed by atoms with Gasteiger partial charge in [0.1, 0.15) is 0 Å². The fraction of sp³-hybridized carbons (Fsp3) is 1.00. The molecule has 0 heterocycles. The van der Waals surface area contributed by atoms with Crippen LogP contribution >= 0.6 is 0 Å². The molecule has 6 saturated carbocycles. The molecule has 0 nitrogen and oxygen atoms in total. The van der Waals surface area contributed by atoms with Crippen molar-refractivity contribution >= 4 is 0 Å². The predicted molar refractivity (Wildman–Crippen MR) is 357 cm³/mol. The Morgan fingerprint density at radius 1 is 0.152 bits per heavy atom. The van der Waals surface area contributed by atoms with Crippen molar-refractivity contribution in [1.82, 2.24) is 0 Å². The first-order chi connectivity index (χ1) is 31.7. The van der Waals surface area contributed by atoms with Crippen molar-refractivity contribution in [3.63, 3.8) is 0 Å². The topological polar surface area (TPSA) is 0 Å². The average molecular weight is 976 g/mol. The van der Waals surface area contributed by atoms with Gasteiger partial charge in [-0.2, -0.15) is 0 Å². The fourth-order valence-electron chi connectivity index (χ4n) is 6.95. The lowest BCUT2D eigenvalue weighted by molar-refractivity contribution is -0.650. The van der Waals surface area contributed by atoms with E-state index in [1.807, 2.05) is 374 Å². The van der Waals surface area contributed by atoms with Crippen LogP contribution in [0, 0.1) is 46.3 Å². The van der Waals surface area contributed by atoms with E-state index >= 15 is 0 Å². The van der Waals surface area contributed by atoms with Gasteiger partial charge in [0.2, 0.25) is 0 Å². The molecule has 0 aromatic carbocycles. The lowest BCUT2D eigenvalue weighted by Crippen LogP contribution is -3.08. The SMILES string of the molecule is C.C.CC.CC.CC.CC.CC.CC.CC.CC.CC.CC.CC.CC.CC.CC.CC.CC.CC.CC.CC.CC.CC.CC.CC.CC.CC.CC.CC.CC12C3C4C5C3C1C5(C)C42. The highest BCUT2D eigenvalue weighted by molar-refractivity contribution is 5.53. The molecule has 6 rings (SSSR count). The molecule has 0 bridgehead atoms. The second-order valence-electron chi connectivity index (χ2n) is 5.89. The maximum atomic E-state index is 2.57. The molecular weight excluding hydrogens is 793 g/mol. The monoisotopic (exact) mass is 975 g/mol. The van der Waals surface area contributed by atoms with Gasteiger partial charge < -0.3 is 0 Å². The molecule has 6 fully saturated rings. The molecule has 0 aliphatic heterocycles. The first kappa shape index (κ1) is 166. The maximum absolute atomic E-state index is 2.57. The van der Waals surface area contributed by atoms with E-state index in [4.69, 9.17) is 0 Å². The van der Waals surface area contributed by atoms with Gasteiger partial charge in [-0.05, 0) is 46.3 Å². The van der Waals surface area contributed by atoms with Crippen molar-refractivity contribution < 1.29 is 0 Å². The van der Waals surface area contributed by atoms with Crippen molar-refractivity contribution in [3.05, 3.63) is 0 Å². The average Bonchev–Trinajstić information content (AvgIpc) is 3.51. The van der Waals surface area contributed by atoms with Gasteiger partial charge in [0.05, 0.1) is 0 Å². The summed E-state index contributed by atoms with van der Waals surface area (Å²) < 4.78 is 0. The lowest BCUT2D eigenvalue weighted by Gasteiger charge is -3.11. The van der Waals surface area contributed by atoms with Crippen LogP contribution in [0.5, 0.6) is 0 Å². The fourth-order valence-corrected chi connectivity index (χ4v) is 6.95. The van der Waals surface area contributed by atoms with E-state index in [0.717, 1.165) is 10.8 Å². The molecular formula is C66H182. The molecule has 66 heavy (non-hydrogen) atoms. The normalized spacial score (nSPS) is 18.2. The summed E-state index contributed by atoms with van der Waals surface area (Å²) in [7, 11) is 0. The second kappa shape index (κ2) is 296. The molecule has 6 aliphatic carbocycles. The zero-order valence-corrected chi connectivity index (χ0v) is 60.5. The Kier molecular flexibility index (Phi) is 744. The van der Waals surface area contributed by atoms with Gasteiger partial charge >= 0.3 is 0 Å². The first-order valence-electron chi connectivity index (χ1n) is 31.7. The minimum atomic E-state index is 0. The van der Waals surface area contributed by atoms with Crippen molar-refractivity contribution in [1.29, 1.82) is 0 Å². The van der Waals surface area contributed by atoms with Crippen LogP contribution in [0.25, 0.3) is 0 Å². The molecule has 0 atom stereocenters. The van der Waals surface area contributed by atoms with Crippen LogP contribution in [0.1, 0.15) is 403 Å². The highest BCUT2D eigenvalue weighted by atomic mass is 15.1. The van der Waals surface area contributed by atoms with Crippen molar-refractivity contribution in [2.75, 3.05) is 0 Å². The molecule has 0 aromatic rings. The highest BCUT2D eigenvalue weighted by Crippen LogP contribution is 3.10. The Balaban J connectivity index is -0.0000000120. The summed E-state index contributed by atoms with van der Waals surface area (Å²) in [5.74, 6) is 7.51. The second-order valence-corrected chi connectivity index (χ2v) is 5.89. The van der Waals surface area contributed by atoms with E-state index in [-0.39, 0.29) is 14.9 Å². The van der Waals surface area contributed by atoms with Crippen LogP contribution in [0.4, 0.5) is 0 Å². The third-order valence-corrected chi connectivity index (χ3v) is 6.55. The van der Waals surface area contributed by atoms with Crippen LogP contribution in [0.15, 0.2) is 0 Å². The van der Waals surface area contributed by atoms with Crippen LogP contribution in [-0.4, -0.2) is 0 Å². The van der Waals surface area contributed by atoms with Gasteiger partial charge in [0.25, 0.3) is 0 Å². The molecule has 0 radical (unpaired) electrons. The molecule has 0 heteroatoms. The van der Waals surface area contributed by atoms with Crippen LogP contribution in [-0.2, 0) is 0 Å². The van der Waals surface area contributed by atoms with Gasteiger partial charge in [-0.15, -0.1) is 0 Å². The summed E-state index contributed by atoms with van der Waals surface area (Å²) in [6.45, 7) is 113. The summed E-state index contributed by atoms with van der Waals surface area (Å²) in [6, 6.07) is 0. The molecule has 0 aromatic heterocycles. The predicted octanol–water partition coefficient (Wildman–Crippen LogP) is 30.7. The third-order valence-electron chi connectivity index (χ3n) is 6.55. The zero-order chi connectivity index (χ0) is 60.5. The molecule has 446 valence electrons. The van der Waals surface area contributed by atoms with Crippen LogP contribution < -0.4 is 0 Å². The molecule has 0 saturated heterocycles. The van der Waals surface area contributed by atoms with Crippen LogP contribution in [0.3, 0.4) is 0 Å². The van der Waals surface area contributed by atoms with Crippen molar-refractivity contribution in [2.24, 2.45) is 46.3 Å². The van der Waals surface area contributed by atoms with Crippen LogP contribution in [0.2, 0.25) is 0 Å². The number of rotatable bonds is 0. The van der Waals surface area contributed by atoms with Crippen molar-refractivity contribution in [2.45, 2.75) is 403 Å². The Morgan fingerprint density at radius 2 is 0.212 bits per heavy atom. The summed E-state index contributed by atoms with van der Waals surface area (Å²) >= 11 is 0. The van der Waals surface area contributed by atoms with E-state index in [1.54, 1.807) is 0 Å². The van der Waals surface area contributed by atoms with Gasteiger partial charge in [-0.3, -0.25) is 0 Å². The quantitative estimate of drug-likeness (QED) is 0.227. The number of hydrogen-bond acceptors (Lipinski definition) is 0. The first-order valence-corrected chi connectivity index (χ1v) is 31.7. The van der Waals surface area contributed by atoms with E-state index < -0.39 is 0 Å². The molecule has 0 spiro atoms. The maximum Gasteiger partial charge on any atom is -0.0219 e. The molecule has 0 N–H and O–H groups in total. The van der Waals surface area contributed by atoms with Gasteiger partial charge in [0, 0.05) is 0 Å². The van der Waals surface area contributed by atoms with Crippen molar-refractivity contribution in [3.8, 4) is 0 Å². The Labute approximate surface area is 447 Å². The van der Waals surface area contributed by atoms with E-state index in [9.17, 15) is 0 Å². The van der Waals surface area contributed by atoms with Gasteiger partial charge in [-0.25, -0.2) is 0 Å². The molecule has 0 amide bonds. The van der Waals surface area contributed by atoms with E-state index in [1.165, 1.54) is 35.5 Å². The highest BCUT2D eigenvalue weighted by Gasteiger charge is 3.07. The summed E-state index contributed by atoms with van der Waals surface area (Å²) in [6.07, 6.45) is 0. The minimum Gasteiger partial charge on any atom is -0.0776 e. The van der Waals surface area contributed by atoms with E-state index in [2.05, 4.69) is 13.8 Å². The number of hydrogen-bond donors (Lipinski definition) is 0. The lowest BCUT2D eigenvalue weighted by atomic mass is 8.93. The molecule has 0 unspecified atom stereocenters. The smallest absolute Gasteiger partial charge is 0.0219 e. The molecule has 6 aliphatic rings. The Morgan fingerprint density at radius 3 is 0.242 bits per heavy atom. The standard InChI is InChI=1S/C10H12.27C2H6.2CH4/c1-9-5-3-6-4(5)8(9)10(6,2)7(3)9;27*1-2;;/h3-8H,1-2H3;27*1-2H3;2*1H4.